The van der Waals surface area contributed by atoms with Crippen LogP contribution < -0.4 is 5.32 Å². The van der Waals surface area contributed by atoms with Crippen molar-refractivity contribution in [2.75, 3.05) is 13.1 Å². The molecule has 0 aliphatic carbocycles. The number of unbranched alkanes of at least 4 members (excludes halogenated alkanes) is 1. The highest BCUT2D eigenvalue weighted by atomic mass is 16.3. The maximum Gasteiger partial charge on any atom is 0.157 e. The first-order valence-corrected chi connectivity index (χ1v) is 5.42. The number of nitriles is 1. The molecule has 0 spiro atoms. The third-order valence-corrected chi connectivity index (χ3v) is 2.36. The number of aliphatic hydroxyl groups is 1. The Morgan fingerprint density at radius 3 is 2.71 bits per heavy atom. The van der Waals surface area contributed by atoms with E-state index in [-0.39, 0.29) is 11.5 Å². The number of hydrogen-bond acceptors (Lipinski definition) is 5. The molecule has 0 aromatic heterocycles. The van der Waals surface area contributed by atoms with Gasteiger partial charge in [-0.25, -0.2) is 0 Å². The first-order valence-electron chi connectivity index (χ1n) is 5.42. The first kappa shape index (κ1) is 13.3. The smallest absolute Gasteiger partial charge is 0.157 e. The Labute approximate surface area is 99.9 Å². The Bertz CT molecular complexity index is 401. The maximum atomic E-state index is 9.77. The molecule has 17 heavy (non-hydrogen) atoms. The molecular weight excluding hydrogens is 220 g/mol. The zero-order valence-electron chi connectivity index (χ0n) is 9.43. The Balaban J connectivity index is 2.39. The predicted octanol–water partition coefficient (Wildman–Crippen LogP) is 1.02. The number of nitrogens with one attached hydrogen (secondary N) is 1. The van der Waals surface area contributed by atoms with Crippen LogP contribution in [0.15, 0.2) is 18.2 Å². The van der Waals surface area contributed by atoms with Gasteiger partial charge in [0.1, 0.15) is 0 Å². The van der Waals surface area contributed by atoms with Gasteiger partial charge in [-0.15, -0.1) is 0 Å². The van der Waals surface area contributed by atoms with E-state index in [0.717, 1.165) is 6.42 Å². The van der Waals surface area contributed by atoms with Crippen molar-refractivity contribution < 1.29 is 15.3 Å². The molecule has 0 saturated heterocycles. The van der Waals surface area contributed by atoms with Crippen LogP contribution in [0.25, 0.3) is 0 Å². The molecule has 1 rings (SSSR count). The molecule has 5 nitrogen and oxygen atoms in total. The highest BCUT2D eigenvalue weighted by Crippen LogP contribution is 2.27. The summed E-state index contributed by atoms with van der Waals surface area (Å²) in [6, 6.07) is 6.26. The maximum absolute atomic E-state index is 9.77. The third-order valence-electron chi connectivity index (χ3n) is 2.36. The summed E-state index contributed by atoms with van der Waals surface area (Å²) in [5.74, 6) is -0.450. The Morgan fingerprint density at radius 2 is 2.06 bits per heavy atom. The van der Waals surface area contributed by atoms with Crippen molar-refractivity contribution in [3.05, 3.63) is 23.8 Å². The van der Waals surface area contributed by atoms with E-state index in [4.69, 9.17) is 10.4 Å². The number of aromatic hydroxyl groups is 2. The van der Waals surface area contributed by atoms with Crippen molar-refractivity contribution in [3.63, 3.8) is 0 Å². The van der Waals surface area contributed by atoms with Gasteiger partial charge in [0.2, 0.25) is 0 Å². The molecule has 0 fully saturated rings. The van der Waals surface area contributed by atoms with Crippen LogP contribution in [0.5, 0.6) is 11.5 Å². The fourth-order valence-electron chi connectivity index (χ4n) is 1.40. The average Bonchev–Trinajstić information content (AvgIpc) is 2.32. The minimum atomic E-state index is -0.747. The highest BCUT2D eigenvalue weighted by Gasteiger charge is 2.09. The van der Waals surface area contributed by atoms with Gasteiger partial charge in [0.25, 0.3) is 0 Å². The number of aliphatic hydroxyl groups excluding tert-OH is 1. The molecule has 0 amide bonds. The predicted molar refractivity (Wildman–Crippen MR) is 62.4 cm³/mol. The average molecular weight is 236 g/mol. The van der Waals surface area contributed by atoms with Crippen molar-refractivity contribution in [1.29, 1.82) is 5.26 Å². The molecule has 1 atom stereocenters. The fraction of sp³-hybridized carbons (Fsp3) is 0.417. The van der Waals surface area contributed by atoms with Gasteiger partial charge < -0.3 is 20.6 Å². The van der Waals surface area contributed by atoms with E-state index in [1.54, 1.807) is 6.07 Å². The fourth-order valence-corrected chi connectivity index (χ4v) is 1.40. The summed E-state index contributed by atoms with van der Waals surface area (Å²) in [7, 11) is 0. The Kier molecular flexibility index (Phi) is 5.27. The molecule has 0 saturated carbocycles. The molecule has 0 heterocycles. The van der Waals surface area contributed by atoms with Crippen LogP contribution in [0.3, 0.4) is 0 Å². The molecule has 92 valence electrons. The van der Waals surface area contributed by atoms with Gasteiger partial charge >= 0.3 is 0 Å². The highest BCUT2D eigenvalue weighted by molar-refractivity contribution is 5.41. The third kappa shape index (κ3) is 4.31. The monoisotopic (exact) mass is 236 g/mol. The molecular formula is C12H16N2O3. The molecule has 1 aromatic rings. The molecule has 1 aromatic carbocycles. The van der Waals surface area contributed by atoms with E-state index in [1.165, 1.54) is 12.1 Å². The van der Waals surface area contributed by atoms with Crippen LogP contribution in [-0.4, -0.2) is 28.4 Å². The Morgan fingerprint density at radius 1 is 1.29 bits per heavy atom. The second-order valence-electron chi connectivity index (χ2n) is 3.73. The van der Waals surface area contributed by atoms with Crippen molar-refractivity contribution in [2.24, 2.45) is 0 Å². The van der Waals surface area contributed by atoms with E-state index in [9.17, 15) is 10.2 Å². The van der Waals surface area contributed by atoms with Gasteiger partial charge in [0.15, 0.2) is 11.5 Å². The Hall–Kier alpha value is -1.77. The minimum Gasteiger partial charge on any atom is -0.504 e. The van der Waals surface area contributed by atoms with E-state index >= 15 is 0 Å². The molecule has 0 aliphatic rings. The largest absolute Gasteiger partial charge is 0.504 e. The number of phenolic OH excluding ortho intramolecular Hbond substituents is 2. The minimum absolute atomic E-state index is 0.206. The number of rotatable bonds is 6. The molecule has 0 radical (unpaired) electrons. The summed E-state index contributed by atoms with van der Waals surface area (Å²) in [5, 5.41) is 39.5. The first-order chi connectivity index (χ1) is 8.15. The molecule has 4 N–H and O–H groups in total. The molecule has 5 heteroatoms. The lowest BCUT2D eigenvalue weighted by atomic mass is 10.1. The van der Waals surface area contributed by atoms with Crippen LogP contribution in [0.4, 0.5) is 0 Å². The van der Waals surface area contributed by atoms with Gasteiger partial charge in [-0.2, -0.15) is 5.26 Å². The van der Waals surface area contributed by atoms with Gasteiger partial charge in [-0.3, -0.25) is 0 Å². The van der Waals surface area contributed by atoms with Crippen LogP contribution in [0.1, 0.15) is 24.5 Å². The standard InChI is InChI=1S/C12H16N2O3/c13-5-1-2-6-14-8-12(17)9-3-4-10(15)11(16)7-9/h3-4,7,12,14-17H,1-2,6,8H2. The van der Waals surface area contributed by atoms with E-state index < -0.39 is 6.10 Å². The van der Waals surface area contributed by atoms with Crippen molar-refractivity contribution in [2.45, 2.75) is 18.9 Å². The molecule has 1 unspecified atom stereocenters. The summed E-state index contributed by atoms with van der Waals surface area (Å²) in [6.07, 6.45) is 0.483. The SMILES string of the molecule is N#CCCCNCC(O)c1ccc(O)c(O)c1. The zero-order chi connectivity index (χ0) is 12.7. The van der Waals surface area contributed by atoms with E-state index in [1.807, 2.05) is 6.07 Å². The lowest BCUT2D eigenvalue weighted by Gasteiger charge is -2.12. The van der Waals surface area contributed by atoms with E-state index in [0.29, 0.717) is 25.1 Å². The lowest BCUT2D eigenvalue weighted by molar-refractivity contribution is 0.174. The number of phenols is 2. The molecule has 0 aliphatic heterocycles. The number of hydrogen-bond donors (Lipinski definition) is 4. The number of nitrogens with zero attached hydrogens (tertiary/aromatic N) is 1. The summed E-state index contributed by atoms with van der Waals surface area (Å²) < 4.78 is 0. The summed E-state index contributed by atoms with van der Waals surface area (Å²) in [6.45, 7) is 1.00. The van der Waals surface area contributed by atoms with Gasteiger partial charge in [0.05, 0.1) is 12.2 Å². The van der Waals surface area contributed by atoms with Crippen molar-refractivity contribution >= 4 is 0 Å². The second kappa shape index (κ2) is 6.74. The quantitative estimate of drug-likeness (QED) is 0.437. The lowest BCUT2D eigenvalue weighted by Crippen LogP contribution is -2.22. The summed E-state index contributed by atoms with van der Waals surface area (Å²) >= 11 is 0. The topological polar surface area (TPSA) is 96.5 Å². The van der Waals surface area contributed by atoms with Crippen LogP contribution in [-0.2, 0) is 0 Å². The van der Waals surface area contributed by atoms with Crippen LogP contribution in [0, 0.1) is 11.3 Å². The van der Waals surface area contributed by atoms with E-state index in [2.05, 4.69) is 5.32 Å². The summed E-state index contributed by atoms with van der Waals surface area (Å²) in [5.41, 5.74) is 0.535. The second-order valence-corrected chi connectivity index (χ2v) is 3.73. The normalized spacial score (nSPS) is 12.0. The zero-order valence-corrected chi connectivity index (χ0v) is 9.43. The van der Waals surface area contributed by atoms with Gasteiger partial charge in [0, 0.05) is 13.0 Å². The van der Waals surface area contributed by atoms with Gasteiger partial charge in [-0.05, 0) is 30.7 Å². The van der Waals surface area contributed by atoms with Crippen LogP contribution in [0.2, 0.25) is 0 Å². The molecule has 0 bridgehead atoms. The summed E-state index contributed by atoms with van der Waals surface area (Å²) in [4.78, 5) is 0. The van der Waals surface area contributed by atoms with Gasteiger partial charge in [-0.1, -0.05) is 6.07 Å². The van der Waals surface area contributed by atoms with Crippen molar-refractivity contribution in [3.8, 4) is 17.6 Å². The number of benzene rings is 1. The van der Waals surface area contributed by atoms with Crippen molar-refractivity contribution in [1.82, 2.24) is 5.32 Å². The van der Waals surface area contributed by atoms with Crippen LogP contribution >= 0.6 is 0 Å².